The van der Waals surface area contributed by atoms with Gasteiger partial charge >= 0.3 is 0 Å². The van der Waals surface area contributed by atoms with Crippen LogP contribution in [0.1, 0.15) is 12.5 Å². The second-order valence-corrected chi connectivity index (χ2v) is 6.68. The number of anilines is 1. The molecular weight excluding hydrogens is 473 g/mol. The van der Waals surface area contributed by atoms with E-state index in [2.05, 4.69) is 25.7 Å². The van der Waals surface area contributed by atoms with Gasteiger partial charge in [-0.1, -0.05) is 12.1 Å². The Hall–Kier alpha value is -2.95. The standard InChI is InChI=1S/C19H18IN5O3/c1-3-28-17-9-12(8-14(20)18(17)26)10-21-24-19-23-15(11-22-25-19)13-6-4-5-7-16(13)27-2/h4-11,26H,3H2,1-2H3,(H,23,24,25). The van der Waals surface area contributed by atoms with Crippen LogP contribution in [0.15, 0.2) is 47.7 Å². The first-order valence-electron chi connectivity index (χ1n) is 8.40. The number of benzene rings is 2. The van der Waals surface area contributed by atoms with Crippen LogP contribution in [-0.2, 0) is 0 Å². The summed E-state index contributed by atoms with van der Waals surface area (Å²) in [6.45, 7) is 2.31. The molecule has 0 aliphatic carbocycles. The molecule has 28 heavy (non-hydrogen) atoms. The largest absolute Gasteiger partial charge is 0.504 e. The maximum absolute atomic E-state index is 10.0. The zero-order valence-corrected chi connectivity index (χ0v) is 17.4. The first kappa shape index (κ1) is 19.8. The number of phenolic OH excluding ortho intramolecular Hbond substituents is 1. The highest BCUT2D eigenvalue weighted by Crippen LogP contribution is 2.32. The van der Waals surface area contributed by atoms with Crippen LogP contribution in [0.3, 0.4) is 0 Å². The van der Waals surface area contributed by atoms with Gasteiger partial charge in [0, 0.05) is 5.56 Å². The fourth-order valence-corrected chi connectivity index (χ4v) is 3.06. The fourth-order valence-electron chi connectivity index (χ4n) is 2.44. The minimum absolute atomic E-state index is 0.115. The highest BCUT2D eigenvalue weighted by atomic mass is 127. The van der Waals surface area contributed by atoms with E-state index in [0.717, 1.165) is 11.1 Å². The third kappa shape index (κ3) is 4.66. The van der Waals surface area contributed by atoms with Crippen LogP contribution >= 0.6 is 22.6 Å². The van der Waals surface area contributed by atoms with Crippen molar-refractivity contribution in [3.63, 3.8) is 0 Å². The van der Waals surface area contributed by atoms with E-state index in [0.29, 0.717) is 27.4 Å². The fraction of sp³-hybridized carbons (Fsp3) is 0.158. The first-order valence-corrected chi connectivity index (χ1v) is 9.47. The number of halogens is 1. The predicted octanol–water partition coefficient (Wildman–Crippen LogP) is 3.70. The lowest BCUT2D eigenvalue weighted by molar-refractivity contribution is 0.317. The molecule has 9 heteroatoms. The number of rotatable bonds is 7. The highest BCUT2D eigenvalue weighted by molar-refractivity contribution is 14.1. The summed E-state index contributed by atoms with van der Waals surface area (Å²) >= 11 is 2.04. The average Bonchev–Trinajstić information content (AvgIpc) is 2.72. The summed E-state index contributed by atoms with van der Waals surface area (Å²) < 4.78 is 11.5. The number of hydrogen-bond acceptors (Lipinski definition) is 8. The van der Waals surface area contributed by atoms with Crippen LogP contribution in [0.5, 0.6) is 17.2 Å². The zero-order valence-electron chi connectivity index (χ0n) is 15.3. The molecule has 0 radical (unpaired) electrons. The van der Waals surface area contributed by atoms with Crippen LogP contribution in [0.2, 0.25) is 0 Å². The predicted molar refractivity (Wildman–Crippen MR) is 115 cm³/mol. The minimum Gasteiger partial charge on any atom is -0.504 e. The van der Waals surface area contributed by atoms with Crippen molar-refractivity contribution in [2.24, 2.45) is 5.10 Å². The van der Waals surface area contributed by atoms with Gasteiger partial charge in [-0.15, -0.1) is 5.10 Å². The topological polar surface area (TPSA) is 102 Å². The first-order chi connectivity index (χ1) is 13.6. The summed E-state index contributed by atoms with van der Waals surface area (Å²) in [4.78, 5) is 4.42. The number of methoxy groups -OCH3 is 1. The van der Waals surface area contributed by atoms with Gasteiger partial charge in [0.2, 0.25) is 0 Å². The van der Waals surface area contributed by atoms with Gasteiger partial charge in [-0.25, -0.2) is 10.4 Å². The SMILES string of the molecule is CCOc1cc(C=NNc2nncc(-c3ccccc3OC)n2)cc(I)c1O. The molecule has 3 aromatic rings. The van der Waals surface area contributed by atoms with Crippen LogP contribution < -0.4 is 14.9 Å². The van der Waals surface area contributed by atoms with Crippen molar-refractivity contribution in [1.82, 2.24) is 15.2 Å². The molecule has 0 spiro atoms. The number of ether oxygens (including phenoxy) is 2. The number of nitrogens with one attached hydrogen (secondary N) is 1. The van der Waals surface area contributed by atoms with Crippen molar-refractivity contribution >= 4 is 34.8 Å². The Labute approximate surface area is 175 Å². The molecule has 2 N–H and O–H groups in total. The smallest absolute Gasteiger partial charge is 0.263 e. The lowest BCUT2D eigenvalue weighted by atomic mass is 10.1. The summed E-state index contributed by atoms with van der Waals surface area (Å²) in [5, 5.41) is 22.1. The van der Waals surface area contributed by atoms with Gasteiger partial charge in [-0.05, 0) is 59.3 Å². The molecule has 0 saturated heterocycles. The molecule has 3 rings (SSSR count). The Balaban J connectivity index is 1.78. The molecule has 144 valence electrons. The Morgan fingerprint density at radius 3 is 2.86 bits per heavy atom. The molecule has 0 saturated carbocycles. The Bertz CT molecular complexity index is 997. The third-order valence-corrected chi connectivity index (χ3v) is 4.49. The molecule has 1 heterocycles. The Morgan fingerprint density at radius 1 is 1.25 bits per heavy atom. The molecule has 1 aromatic heterocycles. The maximum Gasteiger partial charge on any atom is 0.263 e. The average molecular weight is 491 g/mol. The normalized spacial score (nSPS) is 10.8. The monoisotopic (exact) mass is 491 g/mol. The molecule has 0 fully saturated rings. The van der Waals surface area contributed by atoms with Crippen molar-refractivity contribution in [3.05, 3.63) is 51.7 Å². The number of phenols is 1. The summed E-state index contributed by atoms with van der Waals surface area (Å²) in [7, 11) is 1.60. The molecule has 0 amide bonds. The second-order valence-electron chi connectivity index (χ2n) is 5.52. The molecule has 0 atom stereocenters. The quantitative estimate of drug-likeness (QED) is 0.295. The number of nitrogens with zero attached hydrogens (tertiary/aromatic N) is 4. The second kappa shape index (κ2) is 9.31. The van der Waals surface area contributed by atoms with E-state index in [1.807, 2.05) is 53.8 Å². The third-order valence-electron chi connectivity index (χ3n) is 3.67. The lowest BCUT2D eigenvalue weighted by Gasteiger charge is -2.08. The molecule has 0 unspecified atom stereocenters. The van der Waals surface area contributed by atoms with Crippen molar-refractivity contribution in [3.8, 4) is 28.5 Å². The van der Waals surface area contributed by atoms with Gasteiger partial charge in [0.15, 0.2) is 11.5 Å². The van der Waals surface area contributed by atoms with Gasteiger partial charge < -0.3 is 14.6 Å². The van der Waals surface area contributed by atoms with Gasteiger partial charge in [0.05, 0.1) is 35.4 Å². The van der Waals surface area contributed by atoms with E-state index >= 15 is 0 Å². The van der Waals surface area contributed by atoms with Gasteiger partial charge in [0.25, 0.3) is 5.95 Å². The van der Waals surface area contributed by atoms with E-state index in [4.69, 9.17) is 9.47 Å². The van der Waals surface area contributed by atoms with E-state index in [9.17, 15) is 5.11 Å². The summed E-state index contributed by atoms with van der Waals surface area (Å²) in [5.41, 5.74) is 4.94. The van der Waals surface area contributed by atoms with Crippen LogP contribution in [0.25, 0.3) is 11.3 Å². The molecule has 8 nitrogen and oxygen atoms in total. The van der Waals surface area contributed by atoms with Gasteiger partial charge in [-0.3, -0.25) is 0 Å². The zero-order chi connectivity index (χ0) is 19.9. The number of aromatic nitrogens is 3. The molecule has 0 bridgehead atoms. The van der Waals surface area contributed by atoms with E-state index in [1.54, 1.807) is 31.7 Å². The number of aromatic hydroxyl groups is 1. The highest BCUT2D eigenvalue weighted by Gasteiger charge is 2.09. The number of hydrazone groups is 1. The van der Waals surface area contributed by atoms with Gasteiger partial charge in [-0.2, -0.15) is 10.2 Å². The number of para-hydroxylation sites is 1. The summed E-state index contributed by atoms with van der Waals surface area (Å²) in [6.07, 6.45) is 3.15. The van der Waals surface area contributed by atoms with E-state index in [-0.39, 0.29) is 11.7 Å². The molecule has 0 aliphatic rings. The van der Waals surface area contributed by atoms with Crippen molar-refractivity contribution in [2.75, 3.05) is 19.1 Å². The van der Waals surface area contributed by atoms with Crippen molar-refractivity contribution < 1.29 is 14.6 Å². The lowest BCUT2D eigenvalue weighted by Crippen LogP contribution is -2.01. The van der Waals surface area contributed by atoms with Gasteiger partial charge in [0.1, 0.15) is 5.75 Å². The summed E-state index contributed by atoms with van der Waals surface area (Å²) in [6, 6.07) is 11.0. The van der Waals surface area contributed by atoms with Crippen LogP contribution in [0, 0.1) is 3.57 Å². The van der Waals surface area contributed by atoms with Crippen molar-refractivity contribution in [2.45, 2.75) is 6.92 Å². The minimum atomic E-state index is 0.115. The molecule has 2 aromatic carbocycles. The Morgan fingerprint density at radius 2 is 2.07 bits per heavy atom. The Kier molecular flexibility index (Phi) is 6.58. The molecule has 0 aliphatic heterocycles. The molecular formula is C19H18IN5O3. The van der Waals surface area contributed by atoms with E-state index < -0.39 is 0 Å². The number of hydrogen-bond donors (Lipinski definition) is 2. The van der Waals surface area contributed by atoms with Crippen LogP contribution in [0.4, 0.5) is 5.95 Å². The van der Waals surface area contributed by atoms with Crippen LogP contribution in [-0.4, -0.2) is 40.2 Å². The van der Waals surface area contributed by atoms with E-state index in [1.165, 1.54) is 0 Å². The summed E-state index contributed by atoms with van der Waals surface area (Å²) in [5.74, 6) is 1.47. The van der Waals surface area contributed by atoms with Crippen molar-refractivity contribution in [1.29, 1.82) is 0 Å². The maximum atomic E-state index is 10.0.